The first-order chi connectivity index (χ1) is 3.43. The van der Waals surface area contributed by atoms with E-state index in [1.54, 1.807) is 17.1 Å². The molecule has 1 N–H and O–H groups in total. The molecule has 38 valence electrons. The van der Waals surface area contributed by atoms with Crippen LogP contribution in [0.1, 0.15) is 0 Å². The zero-order valence-corrected chi connectivity index (χ0v) is 5.18. The van der Waals surface area contributed by atoms with Crippen LogP contribution >= 0.6 is 24.0 Å². The van der Waals surface area contributed by atoms with Crippen molar-refractivity contribution in [2.24, 2.45) is 5.10 Å². The molecule has 0 aromatic heterocycles. The van der Waals surface area contributed by atoms with E-state index in [1.165, 1.54) is 0 Å². The molecule has 0 unspecified atom stereocenters. The Balaban J connectivity index is 2.51. The first kappa shape index (κ1) is 5.05. The van der Waals surface area contributed by atoms with Crippen LogP contribution in [0.2, 0.25) is 0 Å². The van der Waals surface area contributed by atoms with Crippen molar-refractivity contribution in [3.05, 3.63) is 0 Å². The Morgan fingerprint density at radius 2 is 2.86 bits per heavy atom. The third kappa shape index (κ3) is 1.14. The van der Waals surface area contributed by atoms with Crippen molar-refractivity contribution in [1.29, 1.82) is 0 Å². The highest BCUT2D eigenvalue weighted by Gasteiger charge is 1.99. The summed E-state index contributed by atoms with van der Waals surface area (Å²) in [6.45, 7) is 0. The van der Waals surface area contributed by atoms with Gasteiger partial charge in [-0.15, -0.1) is 0 Å². The molecule has 0 aromatic carbocycles. The normalized spacial score (nSPS) is 18.0. The van der Waals surface area contributed by atoms with Crippen molar-refractivity contribution in [1.82, 2.24) is 5.43 Å². The molecule has 2 nitrogen and oxygen atoms in total. The summed E-state index contributed by atoms with van der Waals surface area (Å²) in [5.74, 6) is 0.864. The van der Waals surface area contributed by atoms with Crippen molar-refractivity contribution in [3.8, 4) is 0 Å². The summed E-state index contributed by atoms with van der Waals surface area (Å²) in [4.78, 5) is 0. The molecule has 0 spiro atoms. The predicted octanol–water partition coefficient (Wildman–Crippen LogP) is 0.593. The molecule has 7 heavy (non-hydrogen) atoms. The molecule has 0 bridgehead atoms. The van der Waals surface area contributed by atoms with Crippen LogP contribution < -0.4 is 5.43 Å². The largest absolute Gasteiger partial charge is 0.299 e. The molecule has 0 aliphatic carbocycles. The van der Waals surface area contributed by atoms with E-state index in [4.69, 9.17) is 0 Å². The smallest absolute Gasteiger partial charge is 0.128 e. The molecule has 0 saturated heterocycles. The molecular weight excluding hydrogens is 128 g/mol. The number of nitrogens with zero attached hydrogens (tertiary/aromatic N) is 1. The van der Waals surface area contributed by atoms with Crippen molar-refractivity contribution in [2.45, 2.75) is 0 Å². The van der Waals surface area contributed by atoms with Gasteiger partial charge in [-0.2, -0.15) is 5.10 Å². The molecular formula is C3H4N2S2. The zero-order valence-electron chi connectivity index (χ0n) is 3.55. The van der Waals surface area contributed by atoms with Gasteiger partial charge in [-0.05, 0) is 0 Å². The Kier molecular flexibility index (Phi) is 1.64. The molecule has 0 amide bonds. The van der Waals surface area contributed by atoms with Gasteiger partial charge in [-0.1, -0.05) is 24.0 Å². The molecule has 1 aliphatic rings. The number of hydrogen-bond acceptors (Lipinski definition) is 4. The van der Waals surface area contributed by atoms with Crippen LogP contribution in [-0.2, 0) is 0 Å². The molecule has 0 radical (unpaired) electrons. The van der Waals surface area contributed by atoms with Gasteiger partial charge < -0.3 is 0 Å². The van der Waals surface area contributed by atoms with E-state index in [0.717, 1.165) is 10.9 Å². The Bertz CT molecular complexity index is 110. The van der Waals surface area contributed by atoms with Crippen molar-refractivity contribution in [3.63, 3.8) is 0 Å². The van der Waals surface area contributed by atoms with E-state index >= 15 is 0 Å². The van der Waals surface area contributed by atoms with Gasteiger partial charge in [-0.3, -0.25) is 5.43 Å². The quantitative estimate of drug-likeness (QED) is 0.528. The molecule has 1 rings (SSSR count). The maximum Gasteiger partial charge on any atom is 0.128 e. The van der Waals surface area contributed by atoms with Gasteiger partial charge in [-0.25, -0.2) is 0 Å². The summed E-state index contributed by atoms with van der Waals surface area (Å²) in [5, 5.41) is 6.31. The molecule has 1 aliphatic heterocycles. The third-order valence-corrected chi connectivity index (χ3v) is 1.73. The van der Waals surface area contributed by atoms with Crippen LogP contribution in [-0.4, -0.2) is 16.3 Å². The second-order valence-electron chi connectivity index (χ2n) is 1.01. The monoisotopic (exact) mass is 132 g/mol. The number of hydrogen-bond donors (Lipinski definition) is 1. The minimum absolute atomic E-state index is 0.864. The van der Waals surface area contributed by atoms with Crippen LogP contribution in [0.15, 0.2) is 5.10 Å². The minimum Gasteiger partial charge on any atom is -0.299 e. The van der Waals surface area contributed by atoms with Crippen LogP contribution in [0, 0.1) is 0 Å². The third-order valence-electron chi connectivity index (χ3n) is 0.575. The highest BCUT2D eigenvalue weighted by molar-refractivity contribution is 8.17. The Labute approximate surface area is 51.4 Å². The summed E-state index contributed by atoms with van der Waals surface area (Å²) in [6.07, 6.45) is 0. The number of rotatable bonds is 1. The fourth-order valence-electron chi connectivity index (χ4n) is 0.309. The highest BCUT2D eigenvalue weighted by atomic mass is 32.2. The van der Waals surface area contributed by atoms with Gasteiger partial charge in [0.05, 0.1) is 5.88 Å². The number of thiocarbonyl (C=S) groups is 1. The van der Waals surface area contributed by atoms with Crippen LogP contribution in [0.5, 0.6) is 0 Å². The fourth-order valence-corrected chi connectivity index (χ4v) is 1.04. The highest BCUT2D eigenvalue weighted by Crippen LogP contribution is 2.04. The Hall–Kier alpha value is -0.0900. The van der Waals surface area contributed by atoms with Gasteiger partial charge in [0, 0.05) is 5.37 Å². The van der Waals surface area contributed by atoms with E-state index in [-0.39, 0.29) is 0 Å². The van der Waals surface area contributed by atoms with E-state index < -0.39 is 0 Å². The number of thioether (sulfide) groups is 1. The summed E-state index contributed by atoms with van der Waals surface area (Å²) < 4.78 is 0. The second-order valence-corrected chi connectivity index (χ2v) is 2.25. The average molecular weight is 132 g/mol. The Morgan fingerprint density at radius 3 is 3.14 bits per heavy atom. The summed E-state index contributed by atoms with van der Waals surface area (Å²) in [6, 6.07) is 0. The van der Waals surface area contributed by atoms with Gasteiger partial charge >= 0.3 is 0 Å². The van der Waals surface area contributed by atoms with Gasteiger partial charge in [0.2, 0.25) is 0 Å². The summed E-state index contributed by atoms with van der Waals surface area (Å²) in [7, 11) is 0. The topological polar surface area (TPSA) is 24.4 Å². The first-order valence-corrected chi connectivity index (χ1v) is 3.27. The van der Waals surface area contributed by atoms with Crippen LogP contribution in [0.3, 0.4) is 0 Å². The molecule has 4 heteroatoms. The summed E-state index contributed by atoms with van der Waals surface area (Å²) in [5.41, 5.74) is 2.78. The maximum absolute atomic E-state index is 4.60. The number of nitrogens with one attached hydrogen (secondary N) is 1. The SMILES string of the molecule is S=CC1=NNCS1. The second kappa shape index (κ2) is 2.28. The van der Waals surface area contributed by atoms with Gasteiger partial charge in [0.1, 0.15) is 5.04 Å². The van der Waals surface area contributed by atoms with Gasteiger partial charge in [0.25, 0.3) is 0 Å². The lowest BCUT2D eigenvalue weighted by Gasteiger charge is -1.76. The molecule has 0 atom stereocenters. The fraction of sp³-hybridized carbons (Fsp3) is 0.333. The van der Waals surface area contributed by atoms with Gasteiger partial charge in [0.15, 0.2) is 0 Å². The lowest BCUT2D eigenvalue weighted by atomic mass is 10.9. The van der Waals surface area contributed by atoms with Crippen molar-refractivity contribution >= 4 is 34.4 Å². The lowest BCUT2D eigenvalue weighted by Crippen LogP contribution is -1.93. The maximum atomic E-state index is 4.60. The lowest BCUT2D eigenvalue weighted by molar-refractivity contribution is 0.895. The predicted molar refractivity (Wildman–Crippen MR) is 36.7 cm³/mol. The Morgan fingerprint density at radius 1 is 2.00 bits per heavy atom. The van der Waals surface area contributed by atoms with E-state index in [2.05, 4.69) is 22.7 Å². The number of hydrazone groups is 1. The van der Waals surface area contributed by atoms with E-state index in [9.17, 15) is 0 Å². The zero-order chi connectivity index (χ0) is 5.11. The van der Waals surface area contributed by atoms with Crippen LogP contribution in [0.4, 0.5) is 0 Å². The van der Waals surface area contributed by atoms with Crippen LogP contribution in [0.25, 0.3) is 0 Å². The van der Waals surface area contributed by atoms with E-state index in [0.29, 0.717) is 0 Å². The van der Waals surface area contributed by atoms with Crippen molar-refractivity contribution < 1.29 is 0 Å². The molecule has 1 heterocycles. The summed E-state index contributed by atoms with van der Waals surface area (Å²) >= 11 is 6.22. The molecule has 0 aromatic rings. The minimum atomic E-state index is 0.864. The average Bonchev–Trinajstić information content (AvgIpc) is 2.14. The molecule has 0 fully saturated rings. The molecule has 0 saturated carbocycles. The first-order valence-electron chi connectivity index (χ1n) is 1.82. The van der Waals surface area contributed by atoms with E-state index in [1.807, 2.05) is 0 Å². The standard InChI is InChI=1S/C3H4N2S2/c6-1-3-5-4-2-7-3/h1,4H,2H2. The van der Waals surface area contributed by atoms with Crippen molar-refractivity contribution in [2.75, 3.05) is 5.88 Å².